The van der Waals surface area contributed by atoms with Crippen molar-refractivity contribution in [3.05, 3.63) is 53.5 Å². The number of carbonyl (C=O) groups excluding carboxylic acids is 1. The zero-order valence-corrected chi connectivity index (χ0v) is 17.7. The fourth-order valence-corrected chi connectivity index (χ4v) is 3.78. The Hall–Kier alpha value is -3.99. The Bertz CT molecular complexity index is 1320. The molecule has 32 heavy (non-hydrogen) atoms. The molecule has 4 heterocycles. The van der Waals surface area contributed by atoms with E-state index in [1.54, 1.807) is 30.9 Å². The molecule has 162 valence electrons. The van der Waals surface area contributed by atoms with Crippen LogP contribution >= 0.6 is 11.6 Å². The fourth-order valence-electron chi connectivity index (χ4n) is 3.49. The first kappa shape index (κ1) is 19.9. The molecule has 5 rings (SSSR count). The monoisotopic (exact) mass is 452 g/mol. The molecule has 0 spiro atoms. The van der Waals surface area contributed by atoms with Gasteiger partial charge in [-0.1, -0.05) is 28.9 Å². The predicted molar refractivity (Wildman–Crippen MR) is 118 cm³/mol. The maximum Gasteiger partial charge on any atom is 0.302 e. The zero-order chi connectivity index (χ0) is 22.2. The molecule has 12 heteroatoms. The minimum Gasteiger partial charge on any atom is -0.423 e. The molecule has 1 aliphatic heterocycles. The van der Waals surface area contributed by atoms with Crippen LogP contribution in [0.2, 0.25) is 5.02 Å². The van der Waals surface area contributed by atoms with Crippen molar-refractivity contribution in [3.63, 3.8) is 0 Å². The van der Waals surface area contributed by atoms with Crippen molar-refractivity contribution in [2.45, 2.75) is 13.0 Å². The van der Waals surface area contributed by atoms with Crippen LogP contribution in [0.1, 0.15) is 18.7 Å². The zero-order valence-electron chi connectivity index (χ0n) is 17.0. The van der Waals surface area contributed by atoms with E-state index in [9.17, 15) is 4.79 Å². The first-order chi connectivity index (χ1) is 15.5. The van der Waals surface area contributed by atoms with Gasteiger partial charge in [0.15, 0.2) is 11.4 Å². The molecule has 0 radical (unpaired) electrons. The van der Waals surface area contributed by atoms with E-state index in [1.807, 2.05) is 24.3 Å². The van der Waals surface area contributed by atoms with Crippen molar-refractivity contribution in [3.8, 4) is 0 Å². The first-order valence-electron chi connectivity index (χ1n) is 9.64. The van der Waals surface area contributed by atoms with Gasteiger partial charge >= 0.3 is 6.01 Å². The number of guanidine groups is 1. The van der Waals surface area contributed by atoms with Crippen molar-refractivity contribution in [1.29, 1.82) is 0 Å². The predicted octanol–water partition coefficient (Wildman–Crippen LogP) is 3.44. The summed E-state index contributed by atoms with van der Waals surface area (Å²) in [6.07, 6.45) is 3.01. The Kier molecular flexibility index (Phi) is 4.94. The molecule has 1 aliphatic rings. The molecule has 1 aromatic carbocycles. The lowest BCUT2D eigenvalue weighted by Crippen LogP contribution is -2.37. The molecule has 0 fully saturated rings. The fraction of sp³-hybridized carbons (Fsp3) is 0.200. The number of amides is 1. The van der Waals surface area contributed by atoms with E-state index >= 15 is 0 Å². The summed E-state index contributed by atoms with van der Waals surface area (Å²) in [6.45, 7) is 1.74. The summed E-state index contributed by atoms with van der Waals surface area (Å²) in [7, 11) is 1.74. The highest BCUT2D eigenvalue weighted by Gasteiger charge is 2.38. The van der Waals surface area contributed by atoms with Gasteiger partial charge in [0.2, 0.25) is 11.9 Å². The molecular weight excluding hydrogens is 436 g/mol. The summed E-state index contributed by atoms with van der Waals surface area (Å²) < 4.78 is 12.1. The number of aryl methyl sites for hydroxylation is 1. The molecule has 0 aliphatic carbocycles. The number of aliphatic imine (C=N–C) groups is 2. The summed E-state index contributed by atoms with van der Waals surface area (Å²) in [5.74, 6) is -0.621. The van der Waals surface area contributed by atoms with Gasteiger partial charge in [-0.25, -0.2) is 9.98 Å². The molecule has 2 N–H and O–H groups in total. The Morgan fingerprint density at radius 2 is 2.09 bits per heavy atom. The number of carbonyl (C=O) groups is 1. The summed E-state index contributed by atoms with van der Waals surface area (Å²) in [5, 5.41) is 14.2. The van der Waals surface area contributed by atoms with Gasteiger partial charge in [0, 0.05) is 25.0 Å². The molecule has 0 saturated carbocycles. The average Bonchev–Trinajstić information content (AvgIpc) is 3.47. The molecule has 1 amide bonds. The SMILES string of the molecule is CC1=NC(Nc2nc3ccccc3o2)=NC(c2nn(C)cc2Cl)C1C(=O)Nc1ccon1. The van der Waals surface area contributed by atoms with Gasteiger partial charge in [-0.15, -0.1) is 0 Å². The lowest BCUT2D eigenvalue weighted by Gasteiger charge is -2.26. The number of para-hydroxylation sites is 2. The van der Waals surface area contributed by atoms with Crippen molar-refractivity contribution >= 4 is 52.1 Å². The van der Waals surface area contributed by atoms with Crippen molar-refractivity contribution in [2.75, 3.05) is 10.6 Å². The summed E-state index contributed by atoms with van der Waals surface area (Å²) in [6, 6.07) is 8.41. The van der Waals surface area contributed by atoms with Gasteiger partial charge in [-0.05, 0) is 19.1 Å². The van der Waals surface area contributed by atoms with Crippen LogP contribution in [0.15, 0.2) is 61.7 Å². The highest BCUT2D eigenvalue weighted by molar-refractivity contribution is 6.31. The average molecular weight is 453 g/mol. The minimum atomic E-state index is -0.770. The first-order valence-corrected chi connectivity index (χ1v) is 10.0. The number of benzene rings is 1. The number of oxazole rings is 1. The third kappa shape index (κ3) is 3.73. The Morgan fingerprint density at radius 3 is 2.81 bits per heavy atom. The van der Waals surface area contributed by atoms with Gasteiger partial charge in [-0.2, -0.15) is 10.1 Å². The van der Waals surface area contributed by atoms with Crippen LogP contribution in [0.5, 0.6) is 0 Å². The van der Waals surface area contributed by atoms with Crippen LogP contribution < -0.4 is 10.6 Å². The number of fused-ring (bicyclic) bond motifs is 1. The van der Waals surface area contributed by atoms with E-state index < -0.39 is 12.0 Å². The highest BCUT2D eigenvalue weighted by Crippen LogP contribution is 2.35. The van der Waals surface area contributed by atoms with Crippen molar-refractivity contribution in [1.82, 2.24) is 19.9 Å². The number of aromatic nitrogens is 4. The van der Waals surface area contributed by atoms with E-state index in [0.29, 0.717) is 27.5 Å². The second kappa shape index (κ2) is 7.93. The van der Waals surface area contributed by atoms with Crippen LogP contribution in [0, 0.1) is 5.92 Å². The normalized spacial score (nSPS) is 18.3. The van der Waals surface area contributed by atoms with Gasteiger partial charge in [0.1, 0.15) is 29.4 Å². The topological polar surface area (TPSA) is 136 Å². The van der Waals surface area contributed by atoms with E-state index in [4.69, 9.17) is 20.5 Å². The van der Waals surface area contributed by atoms with Gasteiger partial charge in [0.25, 0.3) is 0 Å². The van der Waals surface area contributed by atoms with Gasteiger partial charge in [-0.3, -0.25) is 14.8 Å². The number of nitrogens with zero attached hydrogens (tertiary/aromatic N) is 6. The molecule has 0 bridgehead atoms. The molecule has 4 aromatic rings. The van der Waals surface area contributed by atoms with Crippen LogP contribution in [0.25, 0.3) is 11.1 Å². The van der Waals surface area contributed by atoms with Gasteiger partial charge < -0.3 is 14.3 Å². The van der Waals surface area contributed by atoms with E-state index in [1.165, 1.54) is 6.26 Å². The van der Waals surface area contributed by atoms with Crippen molar-refractivity contribution in [2.24, 2.45) is 23.0 Å². The van der Waals surface area contributed by atoms with Crippen LogP contribution in [-0.2, 0) is 11.8 Å². The highest BCUT2D eigenvalue weighted by atomic mass is 35.5. The van der Waals surface area contributed by atoms with Crippen LogP contribution in [0.4, 0.5) is 11.8 Å². The molecule has 2 atom stereocenters. The Balaban J connectivity index is 1.50. The number of nitrogens with one attached hydrogen (secondary N) is 2. The number of rotatable bonds is 4. The number of anilines is 2. The lowest BCUT2D eigenvalue weighted by atomic mass is 9.91. The third-order valence-corrected chi connectivity index (χ3v) is 5.18. The third-order valence-electron chi connectivity index (χ3n) is 4.88. The maximum absolute atomic E-state index is 13.1. The van der Waals surface area contributed by atoms with E-state index in [2.05, 4.69) is 35.9 Å². The summed E-state index contributed by atoms with van der Waals surface area (Å²) >= 11 is 6.40. The van der Waals surface area contributed by atoms with E-state index in [-0.39, 0.29) is 23.7 Å². The second-order valence-corrected chi connectivity index (χ2v) is 7.56. The Labute approximate surface area is 186 Å². The standard InChI is InChI=1S/C20H17ClN8O3/c1-10-15(18(30)24-14-7-8-31-28-14)17(16-11(21)9-29(2)27-16)25-19(22-10)26-20-23-12-5-3-4-6-13(12)32-20/h3-9,15,17H,1-2H3,(H,23,25,26)(H,24,28,30). The maximum atomic E-state index is 13.1. The minimum absolute atomic E-state index is 0.228. The summed E-state index contributed by atoms with van der Waals surface area (Å²) in [5.41, 5.74) is 2.27. The quantitative estimate of drug-likeness (QED) is 0.484. The van der Waals surface area contributed by atoms with E-state index in [0.717, 1.165) is 0 Å². The molecular formula is C20H17ClN8O3. The van der Waals surface area contributed by atoms with Gasteiger partial charge in [0.05, 0.1) is 5.02 Å². The molecule has 0 saturated heterocycles. The lowest BCUT2D eigenvalue weighted by molar-refractivity contribution is -0.118. The molecule has 2 unspecified atom stereocenters. The van der Waals surface area contributed by atoms with Crippen LogP contribution in [-0.4, -0.2) is 37.5 Å². The second-order valence-electron chi connectivity index (χ2n) is 7.15. The summed E-state index contributed by atoms with van der Waals surface area (Å²) in [4.78, 5) is 26.6. The number of halogens is 1. The van der Waals surface area contributed by atoms with Crippen molar-refractivity contribution < 1.29 is 13.7 Å². The number of hydrogen-bond donors (Lipinski definition) is 2. The Morgan fingerprint density at radius 1 is 1.25 bits per heavy atom. The molecule has 11 nitrogen and oxygen atoms in total. The largest absolute Gasteiger partial charge is 0.423 e. The number of hydrogen-bond acceptors (Lipinski definition) is 9. The van der Waals surface area contributed by atoms with Crippen LogP contribution in [0.3, 0.4) is 0 Å². The smallest absolute Gasteiger partial charge is 0.302 e. The molecule has 3 aromatic heterocycles.